The normalized spacial score (nSPS) is 13.1. The SMILES string of the molecule is CCN[C@@H](CCSC)c1nnc2ccccn12. The average molecular weight is 250 g/mol. The second-order valence-corrected chi connectivity index (χ2v) is 4.86. The number of fused-ring (bicyclic) bond motifs is 1. The molecule has 1 atom stereocenters. The third kappa shape index (κ3) is 2.79. The minimum atomic E-state index is 0.282. The van der Waals surface area contributed by atoms with Crippen LogP contribution in [0.5, 0.6) is 0 Å². The first-order valence-corrected chi connectivity index (χ1v) is 7.28. The highest BCUT2D eigenvalue weighted by Crippen LogP contribution is 2.17. The fourth-order valence-corrected chi connectivity index (χ4v) is 2.37. The van der Waals surface area contributed by atoms with Crippen LogP contribution in [0, 0.1) is 0 Å². The summed E-state index contributed by atoms with van der Waals surface area (Å²) in [5, 5.41) is 12.0. The molecule has 5 heteroatoms. The summed E-state index contributed by atoms with van der Waals surface area (Å²) in [6, 6.07) is 6.26. The van der Waals surface area contributed by atoms with Gasteiger partial charge in [0.25, 0.3) is 0 Å². The molecule has 4 nitrogen and oxygen atoms in total. The smallest absolute Gasteiger partial charge is 0.160 e. The molecule has 2 aromatic rings. The van der Waals surface area contributed by atoms with Gasteiger partial charge in [-0.05, 0) is 37.1 Å². The molecule has 0 aliphatic heterocycles. The molecule has 0 saturated carbocycles. The van der Waals surface area contributed by atoms with E-state index in [1.807, 2.05) is 36.2 Å². The standard InChI is InChI=1S/C12H18N4S/c1-3-13-10(7-9-17-2)12-15-14-11-6-4-5-8-16(11)12/h4-6,8,10,13H,3,7,9H2,1-2H3/t10-/m0/s1. The maximum absolute atomic E-state index is 4.31. The van der Waals surface area contributed by atoms with Gasteiger partial charge in [0.1, 0.15) is 0 Å². The molecular weight excluding hydrogens is 232 g/mol. The van der Waals surface area contributed by atoms with Crippen LogP contribution in [0.15, 0.2) is 24.4 Å². The second kappa shape index (κ2) is 6.02. The molecule has 0 bridgehead atoms. The van der Waals surface area contributed by atoms with Gasteiger partial charge < -0.3 is 5.32 Å². The van der Waals surface area contributed by atoms with Gasteiger partial charge in [0.05, 0.1) is 6.04 Å². The van der Waals surface area contributed by atoms with E-state index < -0.39 is 0 Å². The monoisotopic (exact) mass is 250 g/mol. The first-order valence-electron chi connectivity index (χ1n) is 5.88. The number of nitrogens with zero attached hydrogens (tertiary/aromatic N) is 3. The zero-order valence-electron chi connectivity index (χ0n) is 10.3. The molecule has 2 aromatic heterocycles. The van der Waals surface area contributed by atoms with E-state index in [-0.39, 0.29) is 6.04 Å². The van der Waals surface area contributed by atoms with Crippen molar-refractivity contribution >= 4 is 17.4 Å². The molecule has 0 unspecified atom stereocenters. The molecule has 0 aromatic carbocycles. The van der Waals surface area contributed by atoms with E-state index in [2.05, 4.69) is 33.1 Å². The van der Waals surface area contributed by atoms with E-state index in [4.69, 9.17) is 0 Å². The summed E-state index contributed by atoms with van der Waals surface area (Å²) in [7, 11) is 0. The van der Waals surface area contributed by atoms with Crippen LogP contribution in [-0.2, 0) is 0 Å². The van der Waals surface area contributed by atoms with E-state index >= 15 is 0 Å². The molecule has 17 heavy (non-hydrogen) atoms. The lowest BCUT2D eigenvalue weighted by Gasteiger charge is -2.15. The first kappa shape index (κ1) is 12.4. The Morgan fingerprint density at radius 3 is 3.06 bits per heavy atom. The van der Waals surface area contributed by atoms with E-state index in [0.717, 1.165) is 30.2 Å². The Labute approximate surface area is 106 Å². The van der Waals surface area contributed by atoms with Crippen LogP contribution in [0.2, 0.25) is 0 Å². The Hall–Kier alpha value is -1.07. The van der Waals surface area contributed by atoms with Gasteiger partial charge in [0.2, 0.25) is 0 Å². The van der Waals surface area contributed by atoms with Crippen molar-refractivity contribution in [2.24, 2.45) is 0 Å². The third-order valence-electron chi connectivity index (χ3n) is 2.71. The molecule has 2 rings (SSSR count). The Bertz CT molecular complexity index is 468. The van der Waals surface area contributed by atoms with Gasteiger partial charge in [-0.2, -0.15) is 11.8 Å². The van der Waals surface area contributed by atoms with Crippen molar-refractivity contribution in [2.75, 3.05) is 18.6 Å². The van der Waals surface area contributed by atoms with E-state index in [0.29, 0.717) is 0 Å². The summed E-state index contributed by atoms with van der Waals surface area (Å²) in [5.41, 5.74) is 0.912. The van der Waals surface area contributed by atoms with E-state index in [1.165, 1.54) is 0 Å². The van der Waals surface area contributed by atoms with Crippen molar-refractivity contribution in [3.05, 3.63) is 30.2 Å². The summed E-state index contributed by atoms with van der Waals surface area (Å²) in [6.07, 6.45) is 5.23. The molecule has 1 N–H and O–H groups in total. The maximum Gasteiger partial charge on any atom is 0.160 e. The zero-order chi connectivity index (χ0) is 12.1. The largest absolute Gasteiger partial charge is 0.308 e. The average Bonchev–Trinajstić information content (AvgIpc) is 2.78. The fraction of sp³-hybridized carbons (Fsp3) is 0.500. The lowest BCUT2D eigenvalue weighted by atomic mass is 10.2. The van der Waals surface area contributed by atoms with Gasteiger partial charge in [-0.25, -0.2) is 0 Å². The lowest BCUT2D eigenvalue weighted by molar-refractivity contribution is 0.509. The minimum Gasteiger partial charge on any atom is -0.308 e. The van der Waals surface area contributed by atoms with Crippen LogP contribution in [0.25, 0.3) is 5.65 Å². The topological polar surface area (TPSA) is 42.2 Å². The van der Waals surface area contributed by atoms with Crippen LogP contribution in [0.4, 0.5) is 0 Å². The van der Waals surface area contributed by atoms with E-state index in [1.54, 1.807) is 0 Å². The summed E-state index contributed by atoms with van der Waals surface area (Å²) in [4.78, 5) is 0. The van der Waals surface area contributed by atoms with Crippen molar-refractivity contribution in [3.8, 4) is 0 Å². The van der Waals surface area contributed by atoms with Gasteiger partial charge in [-0.15, -0.1) is 10.2 Å². The number of hydrogen-bond acceptors (Lipinski definition) is 4. The molecule has 0 aliphatic carbocycles. The van der Waals surface area contributed by atoms with Crippen LogP contribution in [0.3, 0.4) is 0 Å². The third-order valence-corrected chi connectivity index (χ3v) is 3.36. The van der Waals surface area contributed by atoms with Crippen molar-refractivity contribution in [2.45, 2.75) is 19.4 Å². The Balaban J connectivity index is 2.27. The number of hydrogen-bond donors (Lipinski definition) is 1. The molecule has 0 radical (unpaired) electrons. The molecule has 0 aliphatic rings. The summed E-state index contributed by atoms with van der Waals surface area (Å²) in [5.74, 6) is 2.14. The van der Waals surface area contributed by atoms with Crippen LogP contribution in [0.1, 0.15) is 25.2 Å². The fourth-order valence-electron chi connectivity index (χ4n) is 1.90. The summed E-state index contributed by atoms with van der Waals surface area (Å²) in [6.45, 7) is 3.07. The molecule has 0 spiro atoms. The van der Waals surface area contributed by atoms with Gasteiger partial charge in [0.15, 0.2) is 11.5 Å². The van der Waals surface area contributed by atoms with Crippen molar-refractivity contribution in [1.29, 1.82) is 0 Å². The number of rotatable bonds is 6. The predicted molar refractivity (Wildman–Crippen MR) is 72.4 cm³/mol. The highest BCUT2D eigenvalue weighted by atomic mass is 32.2. The lowest BCUT2D eigenvalue weighted by Crippen LogP contribution is -2.23. The molecule has 0 fully saturated rings. The van der Waals surface area contributed by atoms with E-state index in [9.17, 15) is 0 Å². The van der Waals surface area contributed by atoms with Crippen molar-refractivity contribution in [1.82, 2.24) is 19.9 Å². The van der Waals surface area contributed by atoms with Crippen LogP contribution in [-0.4, -0.2) is 33.2 Å². The van der Waals surface area contributed by atoms with Crippen molar-refractivity contribution < 1.29 is 0 Å². The Morgan fingerprint density at radius 1 is 1.41 bits per heavy atom. The predicted octanol–water partition coefficient (Wildman–Crippen LogP) is 2.13. The number of nitrogens with one attached hydrogen (secondary N) is 1. The molecule has 2 heterocycles. The van der Waals surface area contributed by atoms with Gasteiger partial charge in [-0.1, -0.05) is 13.0 Å². The highest BCUT2D eigenvalue weighted by Gasteiger charge is 2.16. The minimum absolute atomic E-state index is 0.282. The summed E-state index contributed by atoms with van der Waals surface area (Å²) >= 11 is 1.86. The zero-order valence-corrected chi connectivity index (χ0v) is 11.1. The van der Waals surface area contributed by atoms with Gasteiger partial charge in [-0.3, -0.25) is 4.40 Å². The molecule has 0 saturated heterocycles. The van der Waals surface area contributed by atoms with Crippen LogP contribution < -0.4 is 5.32 Å². The first-order chi connectivity index (χ1) is 8.36. The molecule has 0 amide bonds. The quantitative estimate of drug-likeness (QED) is 0.853. The number of pyridine rings is 1. The second-order valence-electron chi connectivity index (χ2n) is 3.88. The molecule has 92 valence electrons. The number of aromatic nitrogens is 3. The summed E-state index contributed by atoms with van der Waals surface area (Å²) < 4.78 is 2.06. The number of thioether (sulfide) groups is 1. The van der Waals surface area contributed by atoms with Gasteiger partial charge >= 0.3 is 0 Å². The van der Waals surface area contributed by atoms with Crippen LogP contribution >= 0.6 is 11.8 Å². The Kier molecular flexibility index (Phi) is 4.39. The van der Waals surface area contributed by atoms with Gasteiger partial charge in [0, 0.05) is 6.20 Å². The molecular formula is C12H18N4S. The Morgan fingerprint density at radius 2 is 2.29 bits per heavy atom. The van der Waals surface area contributed by atoms with Crippen molar-refractivity contribution in [3.63, 3.8) is 0 Å². The highest BCUT2D eigenvalue weighted by molar-refractivity contribution is 7.98. The maximum atomic E-state index is 4.31.